The Labute approximate surface area is 115 Å². The average Bonchev–Trinajstić information content (AvgIpc) is 2.67. The topological polar surface area (TPSA) is 12.0 Å². The highest BCUT2D eigenvalue weighted by Gasteiger charge is 2.61. The number of hydrogen-bond donors (Lipinski definition) is 1. The zero-order chi connectivity index (χ0) is 13.8. The molecule has 104 valence electrons. The molecule has 2 saturated carbocycles. The minimum atomic E-state index is -0.152. The number of anilines is 1. The number of hydrogen-bond acceptors (Lipinski definition) is 1. The molecule has 2 bridgehead atoms. The molecule has 2 aliphatic carbocycles. The highest BCUT2D eigenvalue weighted by Crippen LogP contribution is 2.65. The van der Waals surface area contributed by atoms with Crippen LogP contribution in [0, 0.1) is 29.5 Å². The van der Waals surface area contributed by atoms with Gasteiger partial charge >= 0.3 is 0 Å². The van der Waals surface area contributed by atoms with E-state index in [1.54, 1.807) is 6.07 Å². The van der Waals surface area contributed by atoms with Crippen LogP contribution in [0.15, 0.2) is 18.2 Å². The van der Waals surface area contributed by atoms with Crippen LogP contribution in [0.4, 0.5) is 10.1 Å². The molecule has 1 N–H and O–H groups in total. The first-order chi connectivity index (χ1) is 8.84. The molecular formula is C17H24FN. The molecule has 0 amide bonds. The van der Waals surface area contributed by atoms with Crippen LogP contribution < -0.4 is 5.32 Å². The molecule has 2 fully saturated rings. The van der Waals surface area contributed by atoms with Crippen LogP contribution in [0.5, 0.6) is 0 Å². The molecule has 0 saturated heterocycles. The third-order valence-electron chi connectivity index (χ3n) is 6.32. The van der Waals surface area contributed by atoms with Crippen LogP contribution in [0.2, 0.25) is 0 Å². The van der Waals surface area contributed by atoms with Crippen molar-refractivity contribution >= 4 is 5.69 Å². The first kappa shape index (κ1) is 13.0. The van der Waals surface area contributed by atoms with E-state index in [0.29, 0.717) is 16.9 Å². The van der Waals surface area contributed by atoms with Crippen molar-refractivity contribution in [3.63, 3.8) is 0 Å². The van der Waals surface area contributed by atoms with E-state index in [0.717, 1.165) is 17.2 Å². The summed E-state index contributed by atoms with van der Waals surface area (Å²) in [5.41, 5.74) is 2.82. The third kappa shape index (κ3) is 1.72. The summed E-state index contributed by atoms with van der Waals surface area (Å²) < 4.78 is 13.4. The van der Waals surface area contributed by atoms with Gasteiger partial charge in [-0.25, -0.2) is 4.39 Å². The second kappa shape index (κ2) is 3.97. The molecule has 2 aliphatic rings. The third-order valence-corrected chi connectivity index (χ3v) is 6.32. The van der Waals surface area contributed by atoms with Gasteiger partial charge in [-0.2, -0.15) is 0 Å². The minimum Gasteiger partial charge on any atom is -0.381 e. The van der Waals surface area contributed by atoms with Gasteiger partial charge in [0.2, 0.25) is 0 Å². The zero-order valence-corrected chi connectivity index (χ0v) is 12.4. The number of nitrogens with one attached hydrogen (secondary N) is 1. The molecule has 3 unspecified atom stereocenters. The normalized spacial score (nSPS) is 35.6. The molecular weight excluding hydrogens is 237 g/mol. The molecule has 19 heavy (non-hydrogen) atoms. The van der Waals surface area contributed by atoms with Crippen molar-refractivity contribution < 1.29 is 4.39 Å². The molecule has 1 nitrogen and oxygen atoms in total. The average molecular weight is 261 g/mol. The van der Waals surface area contributed by atoms with E-state index >= 15 is 0 Å². The summed E-state index contributed by atoms with van der Waals surface area (Å²) in [6.45, 7) is 9.27. The summed E-state index contributed by atoms with van der Waals surface area (Å²) in [7, 11) is 0. The Bertz CT molecular complexity index is 508. The summed E-state index contributed by atoms with van der Waals surface area (Å²) in [5.74, 6) is 0.657. The molecule has 3 rings (SSSR count). The Morgan fingerprint density at radius 2 is 2.00 bits per heavy atom. The molecule has 1 aromatic carbocycles. The summed E-state index contributed by atoms with van der Waals surface area (Å²) in [5, 5.41) is 3.64. The van der Waals surface area contributed by atoms with E-state index < -0.39 is 0 Å². The van der Waals surface area contributed by atoms with Gasteiger partial charge < -0.3 is 5.32 Å². The fourth-order valence-corrected chi connectivity index (χ4v) is 4.36. The van der Waals surface area contributed by atoms with Gasteiger partial charge in [0.15, 0.2) is 0 Å². The fourth-order valence-electron chi connectivity index (χ4n) is 4.36. The molecule has 3 atom stereocenters. The lowest BCUT2D eigenvalue weighted by atomic mass is 9.69. The number of aryl methyl sites for hydroxylation is 1. The lowest BCUT2D eigenvalue weighted by Crippen LogP contribution is -2.40. The summed E-state index contributed by atoms with van der Waals surface area (Å²) in [4.78, 5) is 0. The van der Waals surface area contributed by atoms with E-state index in [1.165, 1.54) is 25.3 Å². The summed E-state index contributed by atoms with van der Waals surface area (Å²) in [6, 6.07) is 5.50. The number of rotatable bonds is 2. The van der Waals surface area contributed by atoms with E-state index in [2.05, 4.69) is 26.1 Å². The van der Waals surface area contributed by atoms with Gasteiger partial charge in [0.05, 0.1) is 0 Å². The highest BCUT2D eigenvalue weighted by molar-refractivity contribution is 5.52. The minimum absolute atomic E-state index is 0.152. The second-order valence-corrected chi connectivity index (χ2v) is 7.27. The molecule has 0 spiro atoms. The van der Waals surface area contributed by atoms with Crippen LogP contribution >= 0.6 is 0 Å². The van der Waals surface area contributed by atoms with E-state index in [1.807, 2.05) is 13.0 Å². The van der Waals surface area contributed by atoms with Crippen molar-refractivity contribution in [2.45, 2.75) is 53.0 Å². The number of halogens is 1. The predicted octanol–water partition coefficient (Wildman–Crippen LogP) is 4.76. The van der Waals surface area contributed by atoms with Crippen molar-refractivity contribution in [3.8, 4) is 0 Å². The molecule has 2 heteroatoms. The maximum Gasteiger partial charge on any atom is 0.125 e. The molecule has 0 aromatic heterocycles. The van der Waals surface area contributed by atoms with Crippen LogP contribution in [0.3, 0.4) is 0 Å². The van der Waals surface area contributed by atoms with Crippen molar-refractivity contribution in [1.82, 2.24) is 0 Å². The maximum atomic E-state index is 13.4. The standard InChI is InChI=1S/C17H24FN/c1-11-5-6-13(18)10-14(11)19-15-9-12-7-8-17(15,4)16(12,2)3/h5-6,10,12,15,19H,7-9H2,1-4H3. The van der Waals surface area contributed by atoms with Crippen LogP contribution in [0.25, 0.3) is 0 Å². The van der Waals surface area contributed by atoms with Gasteiger partial charge in [0.1, 0.15) is 5.82 Å². The molecule has 0 radical (unpaired) electrons. The Morgan fingerprint density at radius 3 is 2.58 bits per heavy atom. The quantitative estimate of drug-likeness (QED) is 0.809. The van der Waals surface area contributed by atoms with E-state index in [9.17, 15) is 4.39 Å². The zero-order valence-electron chi connectivity index (χ0n) is 12.4. The van der Waals surface area contributed by atoms with E-state index in [4.69, 9.17) is 0 Å². The number of fused-ring (bicyclic) bond motifs is 2. The van der Waals surface area contributed by atoms with Crippen molar-refractivity contribution in [2.75, 3.05) is 5.32 Å². The van der Waals surface area contributed by atoms with Gasteiger partial charge in [-0.3, -0.25) is 0 Å². The van der Waals surface area contributed by atoms with Crippen LogP contribution in [0.1, 0.15) is 45.6 Å². The van der Waals surface area contributed by atoms with Gasteiger partial charge in [0, 0.05) is 11.7 Å². The highest BCUT2D eigenvalue weighted by atomic mass is 19.1. The smallest absolute Gasteiger partial charge is 0.125 e. The largest absolute Gasteiger partial charge is 0.381 e. The SMILES string of the molecule is Cc1ccc(F)cc1NC1CC2CCC1(C)C2(C)C. The lowest BCUT2D eigenvalue weighted by Gasteiger charge is -2.40. The Hall–Kier alpha value is -1.05. The van der Waals surface area contributed by atoms with Crippen molar-refractivity contribution in [3.05, 3.63) is 29.6 Å². The Morgan fingerprint density at radius 1 is 1.26 bits per heavy atom. The van der Waals surface area contributed by atoms with Gasteiger partial charge in [-0.05, 0) is 60.6 Å². The first-order valence-corrected chi connectivity index (χ1v) is 7.37. The predicted molar refractivity (Wildman–Crippen MR) is 77.8 cm³/mol. The lowest BCUT2D eigenvalue weighted by molar-refractivity contribution is 0.142. The van der Waals surface area contributed by atoms with Crippen LogP contribution in [-0.2, 0) is 0 Å². The molecule has 1 aromatic rings. The Kier molecular flexibility index (Phi) is 2.71. The second-order valence-electron chi connectivity index (χ2n) is 7.27. The molecule has 0 heterocycles. The van der Waals surface area contributed by atoms with Crippen molar-refractivity contribution in [1.29, 1.82) is 0 Å². The summed E-state index contributed by atoms with van der Waals surface area (Å²) >= 11 is 0. The number of benzene rings is 1. The monoisotopic (exact) mass is 261 g/mol. The molecule has 0 aliphatic heterocycles. The van der Waals surface area contributed by atoms with Gasteiger partial charge in [-0.15, -0.1) is 0 Å². The van der Waals surface area contributed by atoms with Crippen molar-refractivity contribution in [2.24, 2.45) is 16.7 Å². The fraction of sp³-hybridized carbons (Fsp3) is 0.647. The van der Waals surface area contributed by atoms with Crippen LogP contribution in [-0.4, -0.2) is 6.04 Å². The first-order valence-electron chi connectivity index (χ1n) is 7.37. The van der Waals surface area contributed by atoms with Gasteiger partial charge in [0.25, 0.3) is 0 Å². The van der Waals surface area contributed by atoms with E-state index in [-0.39, 0.29) is 5.82 Å². The summed E-state index contributed by atoms with van der Waals surface area (Å²) in [6.07, 6.45) is 3.86. The Balaban J connectivity index is 1.88. The maximum absolute atomic E-state index is 13.4. The van der Waals surface area contributed by atoms with Gasteiger partial charge in [-0.1, -0.05) is 26.8 Å².